The predicted octanol–water partition coefficient (Wildman–Crippen LogP) is 5.29. The Bertz CT molecular complexity index is 1730. The molecule has 1 heterocycles. The van der Waals surface area contributed by atoms with Crippen LogP contribution in [0.3, 0.4) is 0 Å². The van der Waals surface area contributed by atoms with Gasteiger partial charge in [-0.3, -0.25) is 9.59 Å². The summed E-state index contributed by atoms with van der Waals surface area (Å²) in [4.78, 5) is 31.3. The summed E-state index contributed by atoms with van der Waals surface area (Å²) in [5.41, 5.74) is 2.38. The van der Waals surface area contributed by atoms with Crippen LogP contribution in [0.5, 0.6) is 5.75 Å². The number of hydrazone groups is 1. The second-order valence-corrected chi connectivity index (χ2v) is 13.6. The standard InChI is InChI=1S/C37H48FN7O4/c1-23(46)48-21-30-24(16-29-25(19-43-40)15-26(17-31(29)38)36(2,3)4)11-10-12-28(30)32(39)18-33(35(47)41-7)44-34-14-13-27(20-42-34)49-37(5,6)22-45(8)9/h10-15,17-20,39H,16,21-22,40H2,1-9H3,(H,41,47)(H,42,44)/b33-18+,39-32?,43-19-. The smallest absolute Gasteiger partial charge is 0.302 e. The summed E-state index contributed by atoms with van der Waals surface area (Å²) in [6, 6.07) is 12.0. The largest absolute Gasteiger partial charge is 0.485 e. The minimum absolute atomic E-state index is 0.0483. The maximum Gasteiger partial charge on any atom is 0.302 e. The number of anilines is 1. The first kappa shape index (κ1) is 38.3. The van der Waals surface area contributed by atoms with Crippen LogP contribution in [-0.4, -0.2) is 67.0 Å². The zero-order valence-electron chi connectivity index (χ0n) is 29.8. The first-order chi connectivity index (χ1) is 22.9. The number of nitrogens with one attached hydrogen (secondary N) is 3. The third-order valence-corrected chi connectivity index (χ3v) is 7.51. The van der Waals surface area contributed by atoms with E-state index in [1.807, 2.05) is 59.7 Å². The molecule has 0 radical (unpaired) electrons. The third-order valence-electron chi connectivity index (χ3n) is 7.51. The number of aromatic nitrogens is 1. The zero-order valence-corrected chi connectivity index (χ0v) is 29.8. The van der Waals surface area contributed by atoms with Gasteiger partial charge < -0.3 is 36.3 Å². The van der Waals surface area contributed by atoms with Crippen LogP contribution < -0.4 is 21.2 Å². The van der Waals surface area contributed by atoms with E-state index in [0.717, 1.165) is 5.56 Å². The molecule has 3 aromatic rings. The van der Waals surface area contributed by atoms with E-state index in [0.29, 0.717) is 45.9 Å². The molecule has 0 saturated carbocycles. The Morgan fingerprint density at radius 2 is 1.82 bits per heavy atom. The summed E-state index contributed by atoms with van der Waals surface area (Å²) < 4.78 is 27.2. The van der Waals surface area contributed by atoms with E-state index in [9.17, 15) is 9.59 Å². The van der Waals surface area contributed by atoms with Crippen molar-refractivity contribution in [1.29, 1.82) is 5.41 Å². The topological polar surface area (TPSA) is 155 Å². The van der Waals surface area contributed by atoms with Gasteiger partial charge >= 0.3 is 5.97 Å². The molecule has 0 aliphatic carbocycles. The minimum atomic E-state index is -0.518. The van der Waals surface area contributed by atoms with Gasteiger partial charge in [0.1, 0.15) is 35.3 Å². The average Bonchev–Trinajstić information content (AvgIpc) is 3.00. The minimum Gasteiger partial charge on any atom is -0.485 e. The monoisotopic (exact) mass is 673 g/mol. The van der Waals surface area contributed by atoms with E-state index in [-0.39, 0.29) is 29.9 Å². The van der Waals surface area contributed by atoms with Crippen LogP contribution in [0, 0.1) is 11.2 Å². The van der Waals surface area contributed by atoms with Crippen LogP contribution in [0.2, 0.25) is 0 Å². The highest BCUT2D eigenvalue weighted by atomic mass is 19.1. The van der Waals surface area contributed by atoms with Gasteiger partial charge in [-0.05, 0) is 74.8 Å². The van der Waals surface area contributed by atoms with E-state index >= 15 is 4.39 Å². The third kappa shape index (κ3) is 11.0. The first-order valence-electron chi connectivity index (χ1n) is 15.8. The zero-order chi connectivity index (χ0) is 36.5. The normalized spacial score (nSPS) is 12.3. The summed E-state index contributed by atoms with van der Waals surface area (Å²) in [6.07, 6.45) is 4.44. The maximum absolute atomic E-state index is 15.7. The second-order valence-electron chi connectivity index (χ2n) is 13.6. The second kappa shape index (κ2) is 16.3. The first-order valence-corrected chi connectivity index (χ1v) is 15.8. The van der Waals surface area contributed by atoms with Gasteiger partial charge in [0.2, 0.25) is 0 Å². The summed E-state index contributed by atoms with van der Waals surface area (Å²) in [5, 5.41) is 18.3. The van der Waals surface area contributed by atoms with Crippen molar-refractivity contribution >= 4 is 29.6 Å². The fourth-order valence-corrected chi connectivity index (χ4v) is 5.34. The van der Waals surface area contributed by atoms with Crippen LogP contribution in [0.4, 0.5) is 10.2 Å². The number of allylic oxidation sites excluding steroid dienone is 1. The van der Waals surface area contributed by atoms with Gasteiger partial charge in [-0.2, -0.15) is 5.10 Å². The molecule has 0 atom stereocenters. The molecule has 0 aliphatic rings. The number of ether oxygens (including phenoxy) is 2. The van der Waals surface area contributed by atoms with Gasteiger partial charge in [-0.25, -0.2) is 9.37 Å². The number of amides is 1. The highest BCUT2D eigenvalue weighted by Gasteiger charge is 2.23. The number of rotatable bonds is 14. The molecule has 0 bridgehead atoms. The molecule has 0 spiro atoms. The van der Waals surface area contributed by atoms with Gasteiger partial charge in [0.15, 0.2) is 0 Å². The van der Waals surface area contributed by atoms with Crippen molar-refractivity contribution in [1.82, 2.24) is 15.2 Å². The lowest BCUT2D eigenvalue weighted by molar-refractivity contribution is -0.142. The molecule has 262 valence electrons. The molecule has 3 rings (SSSR count). The molecule has 12 heteroatoms. The lowest BCUT2D eigenvalue weighted by Gasteiger charge is -2.29. The Morgan fingerprint density at radius 1 is 1.10 bits per heavy atom. The molecule has 11 nitrogen and oxygen atoms in total. The van der Waals surface area contributed by atoms with Gasteiger partial charge in [-0.1, -0.05) is 39.0 Å². The van der Waals surface area contributed by atoms with Crippen LogP contribution >= 0.6 is 0 Å². The van der Waals surface area contributed by atoms with E-state index in [1.54, 1.807) is 36.5 Å². The molecule has 2 aromatic carbocycles. The summed E-state index contributed by atoms with van der Waals surface area (Å²) in [7, 11) is 5.42. The van der Waals surface area contributed by atoms with Crippen molar-refractivity contribution in [3.8, 4) is 5.75 Å². The van der Waals surface area contributed by atoms with Crippen molar-refractivity contribution < 1.29 is 23.5 Å². The fraction of sp³-hybridized carbons (Fsp3) is 0.378. The van der Waals surface area contributed by atoms with Crippen molar-refractivity contribution in [2.75, 3.05) is 33.0 Å². The Kier molecular flexibility index (Phi) is 12.8. The number of carbonyl (C=O) groups is 2. The van der Waals surface area contributed by atoms with E-state index < -0.39 is 23.3 Å². The molecule has 49 heavy (non-hydrogen) atoms. The number of pyridine rings is 1. The Morgan fingerprint density at radius 3 is 2.39 bits per heavy atom. The van der Waals surface area contributed by atoms with E-state index in [2.05, 4.69) is 20.7 Å². The number of nitrogens with zero attached hydrogens (tertiary/aromatic N) is 3. The molecule has 1 amide bonds. The van der Waals surface area contributed by atoms with Crippen LogP contribution in [0.25, 0.3) is 0 Å². The number of esters is 1. The van der Waals surface area contributed by atoms with Crippen molar-refractivity contribution in [3.05, 3.63) is 99.6 Å². The highest BCUT2D eigenvalue weighted by molar-refractivity contribution is 6.12. The Hall–Kier alpha value is -5.10. The number of nitrogens with two attached hydrogens (primary N) is 1. The van der Waals surface area contributed by atoms with Gasteiger partial charge in [0, 0.05) is 49.2 Å². The summed E-state index contributed by atoms with van der Waals surface area (Å²) >= 11 is 0. The highest BCUT2D eigenvalue weighted by Crippen LogP contribution is 2.29. The Labute approximate surface area is 288 Å². The molecular weight excluding hydrogens is 625 g/mol. The lowest BCUT2D eigenvalue weighted by Crippen LogP contribution is -2.39. The maximum atomic E-state index is 15.7. The van der Waals surface area contributed by atoms with E-state index in [4.69, 9.17) is 20.7 Å². The summed E-state index contributed by atoms with van der Waals surface area (Å²) in [5.74, 6) is 4.98. The molecular formula is C37H48FN7O4. The number of likely N-dealkylation sites (N-methyl/N-ethyl adjacent to an activating group) is 2. The number of hydrogen-bond acceptors (Lipinski definition) is 10. The van der Waals surface area contributed by atoms with Crippen molar-refractivity contribution in [2.45, 2.75) is 65.6 Å². The quantitative estimate of drug-likeness (QED) is 0.0592. The van der Waals surface area contributed by atoms with E-state index in [1.165, 1.54) is 32.3 Å². The number of carbonyl (C=O) groups excluding carboxylic acids is 2. The molecule has 0 fully saturated rings. The van der Waals surface area contributed by atoms with Crippen molar-refractivity contribution in [3.63, 3.8) is 0 Å². The predicted molar refractivity (Wildman–Crippen MR) is 192 cm³/mol. The van der Waals surface area contributed by atoms with Gasteiger partial charge in [-0.15, -0.1) is 0 Å². The van der Waals surface area contributed by atoms with Crippen molar-refractivity contribution in [2.24, 2.45) is 10.9 Å². The lowest BCUT2D eigenvalue weighted by atomic mass is 9.84. The average molecular weight is 674 g/mol. The fourth-order valence-electron chi connectivity index (χ4n) is 5.34. The molecule has 0 saturated heterocycles. The number of halogens is 1. The number of hydrogen-bond donors (Lipinski definition) is 4. The molecule has 1 aromatic heterocycles. The van der Waals surface area contributed by atoms with Crippen LogP contribution in [-0.2, 0) is 32.8 Å². The SMILES string of the molecule is CNC(=O)/C(=C\C(=N)c1cccc(Cc2c(F)cc(C(C)(C)C)cc2/C=N\N)c1COC(C)=O)Nc1ccc(OC(C)(C)CN(C)C)cn1. The summed E-state index contributed by atoms with van der Waals surface area (Å²) in [6.45, 7) is 11.7. The number of benzene rings is 2. The van der Waals surface area contributed by atoms with Crippen LogP contribution in [0.1, 0.15) is 74.9 Å². The Balaban J connectivity index is 2.02. The molecule has 0 aliphatic heterocycles. The van der Waals surface area contributed by atoms with Gasteiger partial charge in [0.05, 0.1) is 18.1 Å². The molecule has 5 N–H and O–H groups in total. The molecule has 0 unspecified atom stereocenters. The van der Waals surface area contributed by atoms with Crippen LogP contribution in [0.15, 0.2) is 65.5 Å². The van der Waals surface area contributed by atoms with Gasteiger partial charge in [0.25, 0.3) is 5.91 Å².